The number of aromatic nitrogens is 4. The van der Waals surface area contributed by atoms with E-state index >= 15 is 0 Å². The summed E-state index contributed by atoms with van der Waals surface area (Å²) in [5.74, 6) is 1.16. The summed E-state index contributed by atoms with van der Waals surface area (Å²) in [7, 11) is 0. The number of halogens is 1. The molecule has 0 aliphatic carbocycles. The van der Waals surface area contributed by atoms with Crippen LogP contribution in [0.4, 0.5) is 0 Å². The highest BCUT2D eigenvalue weighted by atomic mass is 35.5. The van der Waals surface area contributed by atoms with E-state index < -0.39 is 5.91 Å². The Morgan fingerprint density at radius 3 is 2.54 bits per heavy atom. The highest BCUT2D eigenvalue weighted by molar-refractivity contribution is 7.80. The van der Waals surface area contributed by atoms with Crippen molar-refractivity contribution in [1.29, 1.82) is 0 Å². The van der Waals surface area contributed by atoms with Crippen molar-refractivity contribution in [2.24, 2.45) is 0 Å². The van der Waals surface area contributed by atoms with Crippen LogP contribution in [0.1, 0.15) is 28.9 Å². The van der Waals surface area contributed by atoms with Crippen molar-refractivity contribution in [3.8, 4) is 21.9 Å². The molecule has 5 aromatic rings. The Bertz CT molecular complexity index is 1510. The summed E-state index contributed by atoms with van der Waals surface area (Å²) >= 11 is 12.7. The monoisotopic (exact) mass is 522 g/mol. The van der Waals surface area contributed by atoms with Crippen LogP contribution in [0.5, 0.6) is 0 Å². The largest absolute Gasteiger partial charge is 0.451 e. The van der Waals surface area contributed by atoms with Crippen molar-refractivity contribution in [2.45, 2.75) is 19.9 Å². The van der Waals surface area contributed by atoms with Gasteiger partial charge in [-0.25, -0.2) is 0 Å². The van der Waals surface area contributed by atoms with Crippen LogP contribution in [0, 0.1) is 0 Å². The van der Waals surface area contributed by atoms with Crippen molar-refractivity contribution < 1.29 is 9.21 Å². The number of hydrogen-bond acceptors (Lipinski definition) is 7. The van der Waals surface area contributed by atoms with Gasteiger partial charge in [0, 0.05) is 29.1 Å². The zero-order chi connectivity index (χ0) is 24.4. The van der Waals surface area contributed by atoms with Crippen LogP contribution < -0.4 is 10.6 Å². The van der Waals surface area contributed by atoms with E-state index in [1.165, 1.54) is 11.3 Å². The lowest BCUT2D eigenvalue weighted by atomic mass is 10.1. The second-order valence-electron chi connectivity index (χ2n) is 7.58. The number of amides is 1. The molecule has 5 rings (SSSR count). The van der Waals surface area contributed by atoms with E-state index in [0.717, 1.165) is 38.9 Å². The van der Waals surface area contributed by atoms with Crippen LogP contribution >= 0.6 is 35.2 Å². The van der Waals surface area contributed by atoms with E-state index in [-0.39, 0.29) is 10.9 Å². The molecule has 2 aromatic carbocycles. The minimum atomic E-state index is -0.423. The number of hydrogen-bond donors (Lipinski definition) is 2. The molecule has 35 heavy (non-hydrogen) atoms. The van der Waals surface area contributed by atoms with Crippen LogP contribution in [0.25, 0.3) is 26.9 Å². The van der Waals surface area contributed by atoms with Crippen molar-refractivity contribution in [3.05, 3.63) is 82.8 Å². The molecule has 0 radical (unpaired) electrons. The maximum absolute atomic E-state index is 12.5. The fourth-order valence-electron chi connectivity index (χ4n) is 3.38. The summed E-state index contributed by atoms with van der Waals surface area (Å²) in [6.07, 6.45) is 0.773. The van der Waals surface area contributed by atoms with Crippen LogP contribution in [0.3, 0.4) is 0 Å². The first-order chi connectivity index (χ1) is 17.0. The fourth-order valence-corrected chi connectivity index (χ4v) is 4.53. The van der Waals surface area contributed by atoms with E-state index in [1.807, 2.05) is 43.3 Å². The van der Waals surface area contributed by atoms with Gasteiger partial charge in [0.05, 0.1) is 0 Å². The van der Waals surface area contributed by atoms with Crippen LogP contribution in [-0.4, -0.2) is 30.8 Å². The van der Waals surface area contributed by atoms with Crippen LogP contribution in [-0.2, 0) is 13.0 Å². The number of nitrogens with zero attached hydrogens (tertiary/aromatic N) is 4. The summed E-state index contributed by atoms with van der Waals surface area (Å²) in [5.41, 5.74) is 2.83. The lowest BCUT2D eigenvalue weighted by molar-refractivity contribution is 0.0950. The molecule has 0 spiro atoms. The first-order valence-electron chi connectivity index (χ1n) is 10.8. The van der Waals surface area contributed by atoms with Crippen molar-refractivity contribution >= 4 is 51.1 Å². The molecule has 0 aliphatic heterocycles. The lowest BCUT2D eigenvalue weighted by Crippen LogP contribution is -2.38. The number of nitrogens with one attached hydrogen (secondary N) is 2. The van der Waals surface area contributed by atoms with Gasteiger partial charge in [-0.1, -0.05) is 54.1 Å². The number of carbonyl (C=O) groups is 1. The van der Waals surface area contributed by atoms with E-state index in [9.17, 15) is 4.79 Å². The minimum Gasteiger partial charge on any atom is -0.451 e. The Morgan fingerprint density at radius 2 is 1.80 bits per heavy atom. The van der Waals surface area contributed by atoms with Gasteiger partial charge in [0.1, 0.15) is 10.8 Å². The van der Waals surface area contributed by atoms with E-state index in [0.29, 0.717) is 17.3 Å². The highest BCUT2D eigenvalue weighted by Gasteiger charge is 2.14. The van der Waals surface area contributed by atoms with Gasteiger partial charge >= 0.3 is 0 Å². The maximum atomic E-state index is 12.5. The molecule has 3 heterocycles. The molecule has 8 nitrogen and oxygen atoms in total. The molecular formula is C24H19ClN6O2S2. The lowest BCUT2D eigenvalue weighted by Gasteiger charge is -2.09. The van der Waals surface area contributed by atoms with E-state index in [4.69, 9.17) is 28.2 Å². The second kappa shape index (κ2) is 9.95. The number of aryl methyl sites for hydroxylation is 1. The van der Waals surface area contributed by atoms with Gasteiger partial charge in [-0.15, -0.1) is 10.2 Å². The Morgan fingerprint density at radius 1 is 1.06 bits per heavy atom. The van der Waals surface area contributed by atoms with Gasteiger partial charge in [0.15, 0.2) is 16.7 Å². The Kier molecular flexibility index (Phi) is 6.58. The maximum Gasteiger partial charge on any atom is 0.293 e. The van der Waals surface area contributed by atoms with Crippen molar-refractivity contribution in [3.63, 3.8) is 0 Å². The summed E-state index contributed by atoms with van der Waals surface area (Å²) < 4.78 is 7.45. The van der Waals surface area contributed by atoms with Gasteiger partial charge < -0.3 is 9.73 Å². The predicted octanol–water partition coefficient (Wildman–Crippen LogP) is 5.13. The molecule has 3 aromatic heterocycles. The normalized spacial score (nSPS) is 11.0. The van der Waals surface area contributed by atoms with Gasteiger partial charge in [-0.05, 0) is 54.2 Å². The standard InChI is InChI=1S/C24H19ClN6O2S2/c1-2-20-28-29-24-31(20)30-22(35-24)16-5-3-14(4-6-16)13-26-23(34)27-21(32)19-12-11-18(33-19)15-7-9-17(25)10-8-15/h3-12H,2,13H2,1H3,(H2,26,27,32,34). The molecule has 2 N–H and O–H groups in total. The van der Waals surface area contributed by atoms with Crippen LogP contribution in [0.15, 0.2) is 65.1 Å². The number of rotatable bonds is 6. The third-order valence-electron chi connectivity index (χ3n) is 5.21. The van der Waals surface area contributed by atoms with Gasteiger partial charge in [0.25, 0.3) is 5.91 Å². The van der Waals surface area contributed by atoms with Gasteiger partial charge in [-0.2, -0.15) is 9.61 Å². The van der Waals surface area contributed by atoms with E-state index in [1.54, 1.807) is 28.8 Å². The summed E-state index contributed by atoms with van der Waals surface area (Å²) in [6, 6.07) is 18.5. The molecule has 0 fully saturated rings. The van der Waals surface area contributed by atoms with Crippen molar-refractivity contribution in [2.75, 3.05) is 0 Å². The quantitative estimate of drug-likeness (QED) is 0.298. The third kappa shape index (κ3) is 5.09. The predicted molar refractivity (Wildman–Crippen MR) is 140 cm³/mol. The summed E-state index contributed by atoms with van der Waals surface area (Å²) in [5, 5.41) is 20.3. The highest BCUT2D eigenvalue weighted by Crippen LogP contribution is 2.26. The Balaban J connectivity index is 1.16. The zero-order valence-corrected chi connectivity index (χ0v) is 20.9. The second-order valence-corrected chi connectivity index (χ2v) is 9.38. The molecular weight excluding hydrogens is 504 g/mol. The molecule has 0 bridgehead atoms. The smallest absolute Gasteiger partial charge is 0.293 e. The number of carbonyl (C=O) groups excluding carboxylic acids is 1. The fraction of sp³-hybridized carbons (Fsp3) is 0.125. The molecule has 0 atom stereocenters. The number of benzene rings is 2. The molecule has 0 saturated carbocycles. The minimum absolute atomic E-state index is 0.166. The van der Waals surface area contributed by atoms with Gasteiger partial charge in [0.2, 0.25) is 4.96 Å². The molecule has 0 aliphatic rings. The first-order valence-corrected chi connectivity index (χ1v) is 12.4. The Labute approximate surface area is 214 Å². The van der Waals surface area contributed by atoms with E-state index in [2.05, 4.69) is 25.9 Å². The topological polar surface area (TPSA) is 97.3 Å². The molecule has 176 valence electrons. The van der Waals surface area contributed by atoms with Gasteiger partial charge in [-0.3, -0.25) is 10.1 Å². The van der Waals surface area contributed by atoms with Crippen LogP contribution in [0.2, 0.25) is 5.02 Å². The number of thiocarbonyl (C=S) groups is 1. The average Bonchev–Trinajstić information content (AvgIpc) is 3.60. The van der Waals surface area contributed by atoms with Crippen molar-refractivity contribution in [1.82, 2.24) is 30.4 Å². The molecule has 0 saturated heterocycles. The molecule has 11 heteroatoms. The average molecular weight is 523 g/mol. The third-order valence-corrected chi connectivity index (χ3v) is 6.66. The Hall–Kier alpha value is -3.60. The zero-order valence-electron chi connectivity index (χ0n) is 18.5. The summed E-state index contributed by atoms with van der Waals surface area (Å²) in [6.45, 7) is 2.48. The SMILES string of the molecule is CCc1nnc2sc(-c3ccc(CNC(=S)NC(=O)c4ccc(-c5ccc(Cl)cc5)o4)cc3)nn12. The summed E-state index contributed by atoms with van der Waals surface area (Å²) in [4.78, 5) is 13.3. The number of fused-ring (bicyclic) bond motifs is 1. The first kappa shape index (κ1) is 23.2. The number of furan rings is 1. The molecule has 1 amide bonds. The molecule has 0 unspecified atom stereocenters.